The average molecular weight is 322 g/mol. The number of aliphatic hydroxyl groups excluding tert-OH is 1. The number of halogens is 2. The molecule has 0 radical (unpaired) electrons. The van der Waals surface area contributed by atoms with E-state index in [-0.39, 0.29) is 12.1 Å². The number of hydrogen-bond acceptors (Lipinski definition) is 4. The molecule has 1 aliphatic rings. The number of pyridine rings is 1. The van der Waals surface area contributed by atoms with E-state index in [1.807, 2.05) is 0 Å². The van der Waals surface area contributed by atoms with Gasteiger partial charge in [0.25, 0.3) is 0 Å². The second-order valence-electron chi connectivity index (χ2n) is 4.16. The van der Waals surface area contributed by atoms with Gasteiger partial charge in [0.1, 0.15) is 5.82 Å². The lowest BCUT2D eigenvalue weighted by Crippen LogP contribution is -2.47. The van der Waals surface area contributed by atoms with Crippen LogP contribution in [0, 0.1) is 0 Å². The van der Waals surface area contributed by atoms with Crippen molar-refractivity contribution in [3.05, 3.63) is 21.8 Å². The Kier molecular flexibility index (Phi) is 4.25. The van der Waals surface area contributed by atoms with Crippen molar-refractivity contribution in [2.75, 3.05) is 25.1 Å². The summed E-state index contributed by atoms with van der Waals surface area (Å²) in [5.41, 5.74) is -0.346. The Hall–Kier alpha value is -0.360. The molecule has 0 aromatic carbocycles. The van der Waals surface area contributed by atoms with Crippen molar-refractivity contribution in [3.8, 4) is 0 Å². The summed E-state index contributed by atoms with van der Waals surface area (Å²) in [4.78, 5) is 4.22. The summed E-state index contributed by atoms with van der Waals surface area (Å²) in [5, 5.41) is 13.4. The lowest BCUT2D eigenvalue weighted by atomic mass is 9.91. The van der Waals surface area contributed by atoms with Crippen LogP contribution in [0.4, 0.5) is 5.82 Å². The zero-order valence-corrected chi connectivity index (χ0v) is 11.6. The van der Waals surface area contributed by atoms with Gasteiger partial charge in [-0.2, -0.15) is 0 Å². The highest BCUT2D eigenvalue weighted by Crippen LogP contribution is 2.29. The second kappa shape index (κ2) is 5.52. The number of ether oxygens (including phenoxy) is 1. The van der Waals surface area contributed by atoms with Crippen LogP contribution in [-0.2, 0) is 4.74 Å². The van der Waals surface area contributed by atoms with E-state index in [1.165, 1.54) is 0 Å². The van der Waals surface area contributed by atoms with Crippen LogP contribution < -0.4 is 5.32 Å². The molecular weight excluding hydrogens is 307 g/mol. The fraction of sp³-hybridized carbons (Fsp3) is 0.545. The average Bonchev–Trinajstić information content (AvgIpc) is 2.34. The van der Waals surface area contributed by atoms with E-state index in [2.05, 4.69) is 26.2 Å². The highest BCUT2D eigenvalue weighted by Gasteiger charge is 2.32. The molecule has 1 aromatic heterocycles. The second-order valence-corrected chi connectivity index (χ2v) is 5.45. The summed E-state index contributed by atoms with van der Waals surface area (Å²) in [6, 6.07) is 1.78. The van der Waals surface area contributed by atoms with Gasteiger partial charge in [-0.1, -0.05) is 11.6 Å². The molecule has 0 amide bonds. The number of nitrogens with zero attached hydrogens (tertiary/aromatic N) is 1. The van der Waals surface area contributed by atoms with Gasteiger partial charge in [0.15, 0.2) is 0 Å². The molecule has 0 spiro atoms. The monoisotopic (exact) mass is 320 g/mol. The van der Waals surface area contributed by atoms with Gasteiger partial charge in [-0.25, -0.2) is 4.98 Å². The minimum absolute atomic E-state index is 0.0626. The number of hydrogen-bond donors (Lipinski definition) is 2. The first-order chi connectivity index (χ1) is 8.15. The Labute approximate surface area is 113 Å². The summed E-state index contributed by atoms with van der Waals surface area (Å²) in [5.74, 6) is 0.699. The summed E-state index contributed by atoms with van der Waals surface area (Å²) in [7, 11) is 0. The number of rotatable bonds is 3. The molecule has 1 fully saturated rings. The molecule has 1 aliphatic heterocycles. The number of anilines is 1. The minimum Gasteiger partial charge on any atom is -0.394 e. The van der Waals surface area contributed by atoms with Crippen molar-refractivity contribution < 1.29 is 9.84 Å². The third-order valence-electron chi connectivity index (χ3n) is 2.94. The molecule has 1 saturated heterocycles. The van der Waals surface area contributed by atoms with Crippen molar-refractivity contribution in [1.29, 1.82) is 0 Å². The molecule has 1 aromatic rings. The molecule has 0 unspecified atom stereocenters. The lowest BCUT2D eigenvalue weighted by molar-refractivity contribution is 0.0378. The lowest BCUT2D eigenvalue weighted by Gasteiger charge is -2.37. The van der Waals surface area contributed by atoms with Gasteiger partial charge in [0.2, 0.25) is 0 Å². The van der Waals surface area contributed by atoms with E-state index in [0.717, 1.165) is 17.3 Å². The van der Waals surface area contributed by atoms with Crippen molar-refractivity contribution in [3.63, 3.8) is 0 Å². The molecular formula is C11H14BrClN2O2. The van der Waals surface area contributed by atoms with E-state index in [0.29, 0.717) is 24.1 Å². The summed E-state index contributed by atoms with van der Waals surface area (Å²) >= 11 is 9.24. The molecule has 0 aliphatic carbocycles. The third kappa shape index (κ3) is 3.10. The molecule has 6 heteroatoms. The van der Waals surface area contributed by atoms with Crippen molar-refractivity contribution >= 4 is 33.3 Å². The molecule has 94 valence electrons. The zero-order chi connectivity index (χ0) is 12.3. The topological polar surface area (TPSA) is 54.4 Å². The van der Waals surface area contributed by atoms with E-state index in [4.69, 9.17) is 16.3 Å². The molecule has 2 N–H and O–H groups in total. The number of nitrogens with one attached hydrogen (secondary N) is 1. The van der Waals surface area contributed by atoms with E-state index >= 15 is 0 Å². The first kappa shape index (κ1) is 13.1. The van der Waals surface area contributed by atoms with E-state index in [9.17, 15) is 5.11 Å². The van der Waals surface area contributed by atoms with Gasteiger partial charge in [0, 0.05) is 19.4 Å². The Balaban J connectivity index is 2.17. The molecule has 17 heavy (non-hydrogen) atoms. The molecule has 0 atom stereocenters. The Morgan fingerprint density at radius 1 is 1.53 bits per heavy atom. The van der Waals surface area contributed by atoms with Gasteiger partial charge in [-0.3, -0.25) is 0 Å². The Bertz CT molecular complexity index is 397. The predicted octanol–water partition coefficient (Wildman–Crippen LogP) is 2.45. The molecule has 0 bridgehead atoms. The predicted molar refractivity (Wildman–Crippen MR) is 70.4 cm³/mol. The Morgan fingerprint density at radius 2 is 2.24 bits per heavy atom. The smallest absolute Gasteiger partial charge is 0.140 e. The van der Waals surface area contributed by atoms with Crippen LogP contribution in [-0.4, -0.2) is 35.5 Å². The first-order valence-electron chi connectivity index (χ1n) is 5.43. The van der Waals surface area contributed by atoms with Gasteiger partial charge in [-0.15, -0.1) is 0 Å². The molecule has 0 saturated carbocycles. The Morgan fingerprint density at radius 3 is 2.82 bits per heavy atom. The number of aliphatic hydroxyl groups is 1. The molecule has 2 heterocycles. The normalized spacial score (nSPS) is 19.0. The maximum absolute atomic E-state index is 9.56. The summed E-state index contributed by atoms with van der Waals surface area (Å²) in [6.45, 7) is 1.37. The summed E-state index contributed by atoms with van der Waals surface area (Å²) in [6.07, 6.45) is 3.11. The largest absolute Gasteiger partial charge is 0.394 e. The van der Waals surface area contributed by atoms with Crippen LogP contribution in [0.2, 0.25) is 5.02 Å². The number of aromatic nitrogens is 1. The highest BCUT2D eigenvalue weighted by atomic mass is 79.9. The van der Waals surface area contributed by atoms with Crippen LogP contribution >= 0.6 is 27.5 Å². The van der Waals surface area contributed by atoms with Crippen LogP contribution in [0.5, 0.6) is 0 Å². The van der Waals surface area contributed by atoms with Crippen LogP contribution in [0.1, 0.15) is 12.8 Å². The van der Waals surface area contributed by atoms with E-state index < -0.39 is 0 Å². The van der Waals surface area contributed by atoms with Crippen molar-refractivity contribution in [2.45, 2.75) is 18.4 Å². The molecule has 4 nitrogen and oxygen atoms in total. The van der Waals surface area contributed by atoms with Crippen molar-refractivity contribution in [1.82, 2.24) is 4.98 Å². The quantitative estimate of drug-likeness (QED) is 0.898. The molecule has 2 rings (SSSR count). The highest BCUT2D eigenvalue weighted by molar-refractivity contribution is 9.10. The van der Waals surface area contributed by atoms with Gasteiger partial charge in [0.05, 0.1) is 21.6 Å². The maximum atomic E-state index is 9.56. The fourth-order valence-corrected chi connectivity index (χ4v) is 2.58. The van der Waals surface area contributed by atoms with Gasteiger partial charge < -0.3 is 15.2 Å². The standard InChI is InChI=1S/C11H14BrClN2O2/c12-9-5-8(13)6-14-10(9)15-11(7-16)1-3-17-4-2-11/h5-6,16H,1-4,7H2,(H,14,15). The van der Waals surface area contributed by atoms with Crippen LogP contribution in [0.15, 0.2) is 16.7 Å². The SMILES string of the molecule is OCC1(Nc2ncc(Cl)cc2Br)CCOCC1. The zero-order valence-electron chi connectivity index (χ0n) is 9.25. The maximum Gasteiger partial charge on any atom is 0.140 e. The minimum atomic E-state index is -0.346. The van der Waals surface area contributed by atoms with Crippen molar-refractivity contribution in [2.24, 2.45) is 0 Å². The van der Waals surface area contributed by atoms with Crippen LogP contribution in [0.3, 0.4) is 0 Å². The first-order valence-corrected chi connectivity index (χ1v) is 6.60. The van der Waals surface area contributed by atoms with Gasteiger partial charge >= 0.3 is 0 Å². The third-order valence-corrected chi connectivity index (χ3v) is 3.76. The van der Waals surface area contributed by atoms with Crippen LogP contribution in [0.25, 0.3) is 0 Å². The van der Waals surface area contributed by atoms with Gasteiger partial charge in [-0.05, 0) is 34.8 Å². The summed E-state index contributed by atoms with van der Waals surface area (Å²) < 4.78 is 6.10. The fourth-order valence-electron chi connectivity index (χ4n) is 1.84. The van der Waals surface area contributed by atoms with E-state index in [1.54, 1.807) is 12.3 Å².